The van der Waals surface area contributed by atoms with E-state index in [9.17, 15) is 10.2 Å². The Morgan fingerprint density at radius 2 is 1.78 bits per heavy atom. The predicted molar refractivity (Wildman–Crippen MR) is 72.5 cm³/mol. The first kappa shape index (κ1) is 13.5. The van der Waals surface area contributed by atoms with Crippen molar-refractivity contribution < 1.29 is 10.2 Å². The zero-order valence-corrected chi connectivity index (χ0v) is 11.2. The molecule has 0 saturated carbocycles. The van der Waals surface area contributed by atoms with Gasteiger partial charge in [-0.25, -0.2) is 0 Å². The third kappa shape index (κ3) is 2.58. The Balaban J connectivity index is 2.24. The smallest absolute Gasteiger partial charge is 0.0633 e. The quantitative estimate of drug-likeness (QED) is 0.764. The zero-order chi connectivity index (χ0) is 13.2. The summed E-state index contributed by atoms with van der Waals surface area (Å²) in [6.45, 7) is 4.00. The fourth-order valence-corrected chi connectivity index (χ4v) is 2.72. The van der Waals surface area contributed by atoms with Gasteiger partial charge in [0.1, 0.15) is 0 Å². The normalized spacial score (nSPS) is 23.8. The fraction of sp³-hybridized carbons (Fsp3) is 0.600. The van der Waals surface area contributed by atoms with E-state index in [-0.39, 0.29) is 19.3 Å². The number of benzene rings is 1. The second-order valence-electron chi connectivity index (χ2n) is 5.68. The van der Waals surface area contributed by atoms with Crippen molar-refractivity contribution in [3.05, 3.63) is 35.4 Å². The molecule has 2 rings (SSSR count). The number of hydrogen-bond acceptors (Lipinski definition) is 3. The molecule has 0 heterocycles. The van der Waals surface area contributed by atoms with E-state index >= 15 is 0 Å². The maximum atomic E-state index is 9.39. The van der Waals surface area contributed by atoms with Gasteiger partial charge in [0.25, 0.3) is 0 Å². The summed E-state index contributed by atoms with van der Waals surface area (Å²) < 4.78 is 0. The van der Waals surface area contributed by atoms with Crippen LogP contribution in [0, 0.1) is 0 Å². The standard InChI is InChI=1S/C15H23NO2/c1-11-7-8-14(16-15(2,9-17)10-18)13-6-4-3-5-12(11)13/h3-6,11,14,16-18H,7-10H2,1-2H3. The van der Waals surface area contributed by atoms with Gasteiger partial charge in [-0.3, -0.25) is 0 Å². The van der Waals surface area contributed by atoms with Crippen molar-refractivity contribution in [3.63, 3.8) is 0 Å². The Bertz CT molecular complexity index is 401. The molecule has 1 aliphatic carbocycles. The van der Waals surface area contributed by atoms with Gasteiger partial charge >= 0.3 is 0 Å². The van der Waals surface area contributed by atoms with E-state index in [1.165, 1.54) is 11.1 Å². The highest BCUT2D eigenvalue weighted by Crippen LogP contribution is 2.37. The van der Waals surface area contributed by atoms with Crippen LogP contribution in [0.5, 0.6) is 0 Å². The van der Waals surface area contributed by atoms with Gasteiger partial charge < -0.3 is 15.5 Å². The second-order valence-corrected chi connectivity index (χ2v) is 5.68. The van der Waals surface area contributed by atoms with Gasteiger partial charge in [-0.2, -0.15) is 0 Å². The van der Waals surface area contributed by atoms with Crippen molar-refractivity contribution in [2.75, 3.05) is 13.2 Å². The van der Waals surface area contributed by atoms with Gasteiger partial charge in [-0.1, -0.05) is 31.2 Å². The molecule has 0 bridgehead atoms. The number of aliphatic hydroxyl groups is 2. The monoisotopic (exact) mass is 249 g/mol. The highest BCUT2D eigenvalue weighted by Gasteiger charge is 2.30. The minimum Gasteiger partial charge on any atom is -0.394 e. The topological polar surface area (TPSA) is 52.5 Å². The van der Waals surface area contributed by atoms with Crippen molar-refractivity contribution >= 4 is 0 Å². The second kappa shape index (κ2) is 5.39. The van der Waals surface area contributed by atoms with Crippen molar-refractivity contribution in [2.24, 2.45) is 0 Å². The molecule has 0 aromatic heterocycles. The first-order valence-corrected chi connectivity index (χ1v) is 6.68. The van der Waals surface area contributed by atoms with Crippen LogP contribution in [0.15, 0.2) is 24.3 Å². The number of fused-ring (bicyclic) bond motifs is 1. The third-order valence-electron chi connectivity index (χ3n) is 4.01. The van der Waals surface area contributed by atoms with Crippen LogP contribution in [0.1, 0.15) is 49.8 Å². The summed E-state index contributed by atoms with van der Waals surface area (Å²) in [7, 11) is 0. The summed E-state index contributed by atoms with van der Waals surface area (Å²) in [5.74, 6) is 0.591. The van der Waals surface area contributed by atoms with Gasteiger partial charge in [0.15, 0.2) is 0 Å². The van der Waals surface area contributed by atoms with Crippen LogP contribution in [0.3, 0.4) is 0 Å². The molecule has 2 atom stereocenters. The molecule has 1 aliphatic rings. The molecule has 2 unspecified atom stereocenters. The van der Waals surface area contributed by atoms with E-state index in [1.54, 1.807) is 0 Å². The van der Waals surface area contributed by atoms with Gasteiger partial charge in [-0.15, -0.1) is 0 Å². The summed E-state index contributed by atoms with van der Waals surface area (Å²) in [4.78, 5) is 0. The fourth-order valence-electron chi connectivity index (χ4n) is 2.72. The highest BCUT2D eigenvalue weighted by atomic mass is 16.3. The SMILES string of the molecule is CC1CCC(NC(C)(CO)CO)c2ccccc21. The molecule has 0 aliphatic heterocycles. The molecule has 0 amide bonds. The van der Waals surface area contributed by atoms with Crippen molar-refractivity contribution in [3.8, 4) is 0 Å². The van der Waals surface area contributed by atoms with Crippen molar-refractivity contribution in [2.45, 2.75) is 44.2 Å². The summed E-state index contributed by atoms with van der Waals surface area (Å²) in [6, 6.07) is 8.69. The molecule has 0 saturated heterocycles. The van der Waals surface area contributed by atoms with Gasteiger partial charge in [0.05, 0.1) is 18.8 Å². The molecule has 100 valence electrons. The largest absolute Gasteiger partial charge is 0.394 e. The lowest BCUT2D eigenvalue weighted by Crippen LogP contribution is -2.51. The van der Waals surface area contributed by atoms with Crippen LogP contribution < -0.4 is 5.32 Å². The molecule has 0 radical (unpaired) electrons. The average Bonchev–Trinajstić information content (AvgIpc) is 2.42. The third-order valence-corrected chi connectivity index (χ3v) is 4.01. The van der Waals surface area contributed by atoms with E-state index in [0.717, 1.165) is 12.8 Å². The number of rotatable bonds is 4. The molecule has 3 heteroatoms. The number of hydrogen-bond donors (Lipinski definition) is 3. The lowest BCUT2D eigenvalue weighted by Gasteiger charge is -2.37. The van der Waals surface area contributed by atoms with Crippen LogP contribution >= 0.6 is 0 Å². The first-order chi connectivity index (χ1) is 8.59. The molecular formula is C15H23NO2. The number of aliphatic hydroxyl groups excluding tert-OH is 2. The van der Waals surface area contributed by atoms with E-state index < -0.39 is 5.54 Å². The molecule has 0 fully saturated rings. The van der Waals surface area contributed by atoms with Crippen LogP contribution in [-0.2, 0) is 0 Å². The minimum atomic E-state index is -0.613. The molecule has 1 aromatic rings. The molecule has 1 aromatic carbocycles. The zero-order valence-electron chi connectivity index (χ0n) is 11.2. The van der Waals surface area contributed by atoms with E-state index in [2.05, 4.69) is 36.5 Å². The van der Waals surface area contributed by atoms with Crippen LogP contribution in [0.2, 0.25) is 0 Å². The lowest BCUT2D eigenvalue weighted by atomic mass is 9.80. The Morgan fingerprint density at radius 3 is 2.39 bits per heavy atom. The summed E-state index contributed by atoms with van der Waals surface area (Å²) in [5, 5.41) is 22.2. The first-order valence-electron chi connectivity index (χ1n) is 6.68. The van der Waals surface area contributed by atoms with Crippen molar-refractivity contribution in [1.82, 2.24) is 5.32 Å². The van der Waals surface area contributed by atoms with E-state index in [4.69, 9.17) is 0 Å². The summed E-state index contributed by atoms with van der Waals surface area (Å²) in [5.41, 5.74) is 2.09. The summed E-state index contributed by atoms with van der Waals surface area (Å²) >= 11 is 0. The lowest BCUT2D eigenvalue weighted by molar-refractivity contribution is 0.0909. The highest BCUT2D eigenvalue weighted by molar-refractivity contribution is 5.35. The molecule has 3 nitrogen and oxygen atoms in total. The number of nitrogens with one attached hydrogen (secondary N) is 1. The van der Waals surface area contributed by atoms with E-state index in [0.29, 0.717) is 5.92 Å². The van der Waals surface area contributed by atoms with Gasteiger partial charge in [0, 0.05) is 6.04 Å². The molecule has 0 spiro atoms. The Kier molecular flexibility index (Phi) is 4.05. The van der Waals surface area contributed by atoms with Crippen LogP contribution in [0.25, 0.3) is 0 Å². The van der Waals surface area contributed by atoms with Crippen LogP contribution in [-0.4, -0.2) is 29.0 Å². The average molecular weight is 249 g/mol. The molecular weight excluding hydrogens is 226 g/mol. The molecule has 18 heavy (non-hydrogen) atoms. The van der Waals surface area contributed by atoms with E-state index in [1.807, 2.05) is 6.92 Å². The molecule has 3 N–H and O–H groups in total. The Hall–Kier alpha value is -0.900. The van der Waals surface area contributed by atoms with Crippen LogP contribution in [0.4, 0.5) is 0 Å². The predicted octanol–water partition coefficient (Wildman–Crippen LogP) is 1.96. The van der Waals surface area contributed by atoms with Gasteiger partial charge in [-0.05, 0) is 36.8 Å². The Labute approximate surface area is 109 Å². The van der Waals surface area contributed by atoms with Gasteiger partial charge in [0.2, 0.25) is 0 Å². The maximum absolute atomic E-state index is 9.39. The summed E-state index contributed by atoms with van der Waals surface area (Å²) in [6.07, 6.45) is 2.19. The van der Waals surface area contributed by atoms with Crippen molar-refractivity contribution in [1.29, 1.82) is 0 Å². The minimum absolute atomic E-state index is 0.0578. The maximum Gasteiger partial charge on any atom is 0.0633 e. The Morgan fingerprint density at radius 1 is 1.17 bits per heavy atom.